The Morgan fingerprint density at radius 1 is 1.47 bits per heavy atom. The van der Waals surface area contributed by atoms with Crippen LogP contribution >= 0.6 is 0 Å². The van der Waals surface area contributed by atoms with Crippen molar-refractivity contribution >= 4 is 11.6 Å². The fourth-order valence-electron chi connectivity index (χ4n) is 2.69. The van der Waals surface area contributed by atoms with Crippen LogP contribution in [0.3, 0.4) is 0 Å². The molecule has 1 amide bonds. The summed E-state index contributed by atoms with van der Waals surface area (Å²) in [6, 6.07) is 5.46. The number of carbonyl (C=O) groups excluding carboxylic acids is 1. The van der Waals surface area contributed by atoms with Crippen LogP contribution in [0.25, 0.3) is 0 Å². The molecule has 1 aromatic rings. The molecule has 1 saturated heterocycles. The molecule has 0 saturated carbocycles. The number of hydrogen-bond acceptors (Lipinski definition) is 4. The Kier molecular flexibility index (Phi) is 2.95. The highest BCUT2D eigenvalue weighted by atomic mass is 16.5. The van der Waals surface area contributed by atoms with E-state index in [0.717, 1.165) is 25.0 Å². The first kappa shape index (κ1) is 12.4. The molecule has 2 atom stereocenters. The molecular formula is C14H18N2O3. The Bertz CT molecular complexity index is 509. The van der Waals surface area contributed by atoms with E-state index in [9.17, 15) is 4.79 Å². The molecule has 5 nitrogen and oxygen atoms in total. The van der Waals surface area contributed by atoms with E-state index < -0.39 is 0 Å². The van der Waals surface area contributed by atoms with E-state index >= 15 is 0 Å². The van der Waals surface area contributed by atoms with Crippen LogP contribution < -0.4 is 15.8 Å². The van der Waals surface area contributed by atoms with Gasteiger partial charge >= 0.3 is 0 Å². The summed E-state index contributed by atoms with van der Waals surface area (Å²) in [5.74, 6) is 0.551. The Morgan fingerprint density at radius 2 is 2.32 bits per heavy atom. The molecule has 5 heteroatoms. The highest BCUT2D eigenvalue weighted by Gasteiger charge is 2.37. The molecule has 19 heavy (non-hydrogen) atoms. The van der Waals surface area contributed by atoms with Gasteiger partial charge in [0.25, 0.3) is 5.91 Å². The first-order valence-electron chi connectivity index (χ1n) is 6.55. The van der Waals surface area contributed by atoms with E-state index in [4.69, 9.17) is 15.2 Å². The van der Waals surface area contributed by atoms with Crippen molar-refractivity contribution in [2.75, 3.05) is 18.5 Å². The molecule has 1 aromatic carbocycles. The molecule has 2 aliphatic heterocycles. The lowest BCUT2D eigenvalue weighted by Crippen LogP contribution is -2.37. The van der Waals surface area contributed by atoms with Crippen molar-refractivity contribution in [1.29, 1.82) is 0 Å². The van der Waals surface area contributed by atoms with Gasteiger partial charge in [0, 0.05) is 6.61 Å². The molecular weight excluding hydrogens is 244 g/mol. The summed E-state index contributed by atoms with van der Waals surface area (Å²) in [6.45, 7) is 2.87. The SMILES string of the molecule is CC1(C(N)c2ccc3c(c2)NC(=O)CO3)CCCO1. The first-order valence-corrected chi connectivity index (χ1v) is 6.55. The zero-order valence-corrected chi connectivity index (χ0v) is 10.9. The van der Waals surface area contributed by atoms with Crippen molar-refractivity contribution in [3.8, 4) is 5.75 Å². The molecule has 0 radical (unpaired) electrons. The van der Waals surface area contributed by atoms with E-state index in [2.05, 4.69) is 5.32 Å². The number of fused-ring (bicyclic) bond motifs is 1. The molecule has 0 aromatic heterocycles. The van der Waals surface area contributed by atoms with E-state index in [1.54, 1.807) is 0 Å². The van der Waals surface area contributed by atoms with Gasteiger partial charge in [0.05, 0.1) is 17.3 Å². The maximum atomic E-state index is 11.3. The third-order valence-electron chi connectivity index (χ3n) is 3.90. The smallest absolute Gasteiger partial charge is 0.262 e. The van der Waals surface area contributed by atoms with Crippen molar-refractivity contribution < 1.29 is 14.3 Å². The molecule has 1 fully saturated rings. The highest BCUT2D eigenvalue weighted by molar-refractivity contribution is 5.95. The first-order chi connectivity index (χ1) is 9.08. The summed E-state index contributed by atoms with van der Waals surface area (Å²) in [7, 11) is 0. The van der Waals surface area contributed by atoms with E-state index in [0.29, 0.717) is 11.4 Å². The van der Waals surface area contributed by atoms with Gasteiger partial charge in [0.1, 0.15) is 5.75 Å². The number of rotatable bonds is 2. The third kappa shape index (κ3) is 2.19. The van der Waals surface area contributed by atoms with Gasteiger partial charge in [0.15, 0.2) is 6.61 Å². The molecule has 2 aliphatic rings. The van der Waals surface area contributed by atoms with Crippen LogP contribution in [-0.4, -0.2) is 24.7 Å². The Hall–Kier alpha value is -1.59. The number of amides is 1. The number of nitrogens with two attached hydrogens (primary N) is 1. The van der Waals surface area contributed by atoms with Gasteiger partial charge in [0.2, 0.25) is 0 Å². The van der Waals surface area contributed by atoms with Crippen LogP contribution in [0, 0.1) is 0 Å². The summed E-state index contributed by atoms with van der Waals surface area (Å²) >= 11 is 0. The monoisotopic (exact) mass is 262 g/mol. The standard InChI is InChI=1S/C14H18N2O3/c1-14(5-2-6-19-14)13(15)9-3-4-11-10(7-9)16-12(17)8-18-11/h3-4,7,13H,2,5-6,8,15H2,1H3,(H,16,17). The fourth-order valence-corrected chi connectivity index (χ4v) is 2.69. The van der Waals surface area contributed by atoms with Crippen molar-refractivity contribution in [3.05, 3.63) is 23.8 Å². The van der Waals surface area contributed by atoms with Crippen molar-refractivity contribution in [2.24, 2.45) is 5.73 Å². The molecule has 3 N–H and O–H groups in total. The van der Waals surface area contributed by atoms with Crippen LogP contribution in [0.4, 0.5) is 5.69 Å². The molecule has 0 spiro atoms. The van der Waals surface area contributed by atoms with Crippen LogP contribution in [0.5, 0.6) is 5.75 Å². The number of nitrogens with one attached hydrogen (secondary N) is 1. The second-order valence-electron chi connectivity index (χ2n) is 5.33. The highest BCUT2D eigenvalue weighted by Crippen LogP contribution is 2.38. The lowest BCUT2D eigenvalue weighted by Gasteiger charge is -2.31. The molecule has 0 bridgehead atoms. The molecule has 3 rings (SSSR count). The maximum Gasteiger partial charge on any atom is 0.262 e. The average molecular weight is 262 g/mol. The summed E-state index contributed by atoms with van der Waals surface area (Å²) in [4.78, 5) is 11.3. The topological polar surface area (TPSA) is 73.6 Å². The van der Waals surface area contributed by atoms with Gasteiger partial charge in [-0.05, 0) is 37.5 Å². The zero-order chi connectivity index (χ0) is 13.5. The van der Waals surface area contributed by atoms with E-state index in [1.807, 2.05) is 25.1 Å². The second-order valence-corrected chi connectivity index (χ2v) is 5.33. The lowest BCUT2D eigenvalue weighted by molar-refractivity contribution is -0.118. The van der Waals surface area contributed by atoms with Crippen LogP contribution in [0.2, 0.25) is 0 Å². The zero-order valence-electron chi connectivity index (χ0n) is 10.9. The van der Waals surface area contributed by atoms with Gasteiger partial charge < -0.3 is 20.5 Å². The quantitative estimate of drug-likeness (QED) is 0.848. The predicted molar refractivity (Wildman–Crippen MR) is 71.1 cm³/mol. The van der Waals surface area contributed by atoms with Crippen LogP contribution in [0.1, 0.15) is 31.4 Å². The van der Waals surface area contributed by atoms with Crippen molar-refractivity contribution in [3.63, 3.8) is 0 Å². The fraction of sp³-hybridized carbons (Fsp3) is 0.500. The van der Waals surface area contributed by atoms with Gasteiger partial charge in [-0.1, -0.05) is 6.07 Å². The number of anilines is 1. The van der Waals surface area contributed by atoms with Gasteiger partial charge in [-0.25, -0.2) is 0 Å². The Labute approximate surface area is 112 Å². The predicted octanol–water partition coefficient (Wildman–Crippen LogP) is 1.59. The summed E-state index contributed by atoms with van der Waals surface area (Å²) in [5, 5.41) is 2.80. The summed E-state index contributed by atoms with van der Waals surface area (Å²) < 4.78 is 11.1. The lowest BCUT2D eigenvalue weighted by atomic mass is 9.88. The van der Waals surface area contributed by atoms with Crippen LogP contribution in [0.15, 0.2) is 18.2 Å². The summed E-state index contributed by atoms with van der Waals surface area (Å²) in [6.07, 6.45) is 1.99. The summed E-state index contributed by atoms with van der Waals surface area (Å²) in [5.41, 5.74) is 7.64. The molecule has 2 unspecified atom stereocenters. The maximum absolute atomic E-state index is 11.3. The van der Waals surface area contributed by atoms with Crippen molar-refractivity contribution in [2.45, 2.75) is 31.4 Å². The number of carbonyl (C=O) groups is 1. The van der Waals surface area contributed by atoms with Crippen molar-refractivity contribution in [1.82, 2.24) is 0 Å². The van der Waals surface area contributed by atoms with E-state index in [-0.39, 0.29) is 24.2 Å². The van der Waals surface area contributed by atoms with Gasteiger partial charge in [-0.15, -0.1) is 0 Å². The Balaban J connectivity index is 1.89. The largest absolute Gasteiger partial charge is 0.482 e. The third-order valence-corrected chi connectivity index (χ3v) is 3.90. The normalized spacial score (nSPS) is 27.4. The molecule has 102 valence electrons. The molecule has 2 heterocycles. The number of hydrogen-bond donors (Lipinski definition) is 2. The average Bonchev–Trinajstić information content (AvgIpc) is 2.85. The van der Waals surface area contributed by atoms with Gasteiger partial charge in [-0.3, -0.25) is 4.79 Å². The van der Waals surface area contributed by atoms with E-state index in [1.165, 1.54) is 0 Å². The minimum atomic E-state index is -0.326. The Morgan fingerprint density at radius 3 is 3.05 bits per heavy atom. The minimum Gasteiger partial charge on any atom is -0.482 e. The number of benzene rings is 1. The minimum absolute atomic E-state index is 0.0687. The van der Waals surface area contributed by atoms with Crippen LogP contribution in [-0.2, 0) is 9.53 Å². The van der Waals surface area contributed by atoms with Gasteiger partial charge in [-0.2, -0.15) is 0 Å². The molecule has 0 aliphatic carbocycles. The number of ether oxygens (including phenoxy) is 2. The second kappa shape index (κ2) is 4.51.